The van der Waals surface area contributed by atoms with E-state index in [1.54, 1.807) is 0 Å². The summed E-state index contributed by atoms with van der Waals surface area (Å²) in [6, 6.07) is 0. The Kier molecular flexibility index (Phi) is 2.88. The van der Waals surface area contributed by atoms with E-state index in [-0.39, 0.29) is 24.8 Å². The van der Waals surface area contributed by atoms with Gasteiger partial charge in [0.15, 0.2) is 0 Å². The van der Waals surface area contributed by atoms with Crippen LogP contribution in [0.5, 0.6) is 0 Å². The average molecular weight is 194 g/mol. The lowest BCUT2D eigenvalue weighted by molar-refractivity contribution is -0.127. The lowest BCUT2D eigenvalue weighted by Crippen LogP contribution is -2.38. The highest BCUT2D eigenvalue weighted by molar-refractivity contribution is 6.58. The first-order valence-electron chi connectivity index (χ1n) is 4.41. The van der Waals surface area contributed by atoms with Crippen LogP contribution in [0.1, 0.15) is 19.8 Å². The molecule has 0 radical (unpaired) electrons. The van der Waals surface area contributed by atoms with E-state index in [1.165, 1.54) is 0 Å². The number of carbonyl (C=O) groups excluding carboxylic acids is 1. The van der Waals surface area contributed by atoms with Crippen molar-refractivity contribution in [1.29, 1.82) is 0 Å². The topological polar surface area (TPSA) is 20.3 Å². The van der Waals surface area contributed by atoms with Gasteiger partial charge in [-0.2, -0.15) is 0 Å². The Labute approximate surface area is 75.1 Å². The van der Waals surface area contributed by atoms with Gasteiger partial charge in [-0.1, -0.05) is 13.3 Å². The molecule has 0 N–H and O–H groups in total. The monoisotopic (exact) mass is 194 g/mol. The maximum absolute atomic E-state index is 12.0. The lowest BCUT2D eigenvalue weighted by atomic mass is 9.91. The minimum atomic E-state index is -4.87. The molecule has 1 atom stereocenters. The van der Waals surface area contributed by atoms with Gasteiger partial charge in [0.05, 0.1) is 0 Å². The molecular weight excluding hydrogens is 182 g/mol. The molecule has 0 bridgehead atoms. The standard InChI is InChI=1S/C7H12BF3NO/c1-2-6-3-7(13)12(4-6)5-8(9,10)11/h6H,2-5H2,1H3/q-1. The largest absolute Gasteiger partial charge is 0.497 e. The van der Waals surface area contributed by atoms with Crippen LogP contribution in [0.25, 0.3) is 0 Å². The second kappa shape index (κ2) is 3.60. The zero-order valence-electron chi connectivity index (χ0n) is 7.47. The van der Waals surface area contributed by atoms with Crippen molar-refractivity contribution >= 4 is 12.9 Å². The molecule has 2 nitrogen and oxygen atoms in total. The van der Waals surface area contributed by atoms with E-state index in [4.69, 9.17) is 0 Å². The molecule has 0 aliphatic carbocycles. The molecule has 0 aromatic heterocycles. The van der Waals surface area contributed by atoms with Crippen LogP contribution in [0.2, 0.25) is 0 Å². The number of halogens is 3. The highest BCUT2D eigenvalue weighted by atomic mass is 19.4. The number of likely N-dealkylation sites (tertiary alicyclic amines) is 1. The van der Waals surface area contributed by atoms with Crippen LogP contribution >= 0.6 is 0 Å². The summed E-state index contributed by atoms with van der Waals surface area (Å²) in [6.45, 7) is -2.70. The van der Waals surface area contributed by atoms with Gasteiger partial charge in [0.25, 0.3) is 0 Å². The third kappa shape index (κ3) is 2.93. The number of hydrogen-bond donors (Lipinski definition) is 0. The van der Waals surface area contributed by atoms with Gasteiger partial charge in [-0.25, -0.2) is 0 Å². The van der Waals surface area contributed by atoms with Gasteiger partial charge in [-0.3, -0.25) is 4.79 Å². The van der Waals surface area contributed by atoms with Crippen LogP contribution in [0.4, 0.5) is 12.9 Å². The number of nitrogens with zero attached hydrogens (tertiary/aromatic N) is 1. The Hall–Kier alpha value is -0.675. The van der Waals surface area contributed by atoms with Crippen LogP contribution in [-0.4, -0.2) is 30.8 Å². The fourth-order valence-electron chi connectivity index (χ4n) is 1.55. The maximum atomic E-state index is 12.0. The minimum Gasteiger partial charge on any atom is -0.448 e. The summed E-state index contributed by atoms with van der Waals surface area (Å²) in [5, 5.41) is 0. The Morgan fingerprint density at radius 2 is 2.15 bits per heavy atom. The molecule has 1 saturated heterocycles. The van der Waals surface area contributed by atoms with E-state index in [0.717, 1.165) is 11.3 Å². The van der Waals surface area contributed by atoms with Crippen LogP contribution in [0.3, 0.4) is 0 Å². The van der Waals surface area contributed by atoms with Gasteiger partial charge in [0.2, 0.25) is 5.91 Å². The lowest BCUT2D eigenvalue weighted by Gasteiger charge is -2.23. The summed E-state index contributed by atoms with van der Waals surface area (Å²) in [7, 11) is 0. The molecule has 1 heterocycles. The zero-order chi connectivity index (χ0) is 10.1. The molecule has 0 spiro atoms. The van der Waals surface area contributed by atoms with Crippen molar-refractivity contribution in [2.24, 2.45) is 5.92 Å². The smallest absolute Gasteiger partial charge is 0.448 e. The second-order valence-electron chi connectivity index (χ2n) is 3.49. The van der Waals surface area contributed by atoms with Gasteiger partial charge >= 0.3 is 6.98 Å². The molecule has 1 aliphatic heterocycles. The van der Waals surface area contributed by atoms with E-state index < -0.39 is 13.4 Å². The normalized spacial score (nSPS) is 24.2. The van der Waals surface area contributed by atoms with Crippen molar-refractivity contribution in [3.8, 4) is 0 Å². The van der Waals surface area contributed by atoms with Crippen molar-refractivity contribution in [2.75, 3.05) is 13.0 Å². The Bertz CT molecular complexity index is 206. The first-order valence-corrected chi connectivity index (χ1v) is 4.41. The quantitative estimate of drug-likeness (QED) is 0.625. The molecule has 0 aromatic rings. The predicted molar refractivity (Wildman–Crippen MR) is 44.1 cm³/mol. The third-order valence-electron chi connectivity index (χ3n) is 2.30. The van der Waals surface area contributed by atoms with E-state index in [0.29, 0.717) is 0 Å². The van der Waals surface area contributed by atoms with Crippen LogP contribution in [0.15, 0.2) is 0 Å². The number of rotatable bonds is 3. The molecule has 6 heteroatoms. The Balaban J connectivity index is 2.49. The van der Waals surface area contributed by atoms with E-state index >= 15 is 0 Å². The Morgan fingerprint density at radius 3 is 2.54 bits per heavy atom. The minimum absolute atomic E-state index is 0.116. The first kappa shape index (κ1) is 10.4. The van der Waals surface area contributed by atoms with Gasteiger partial charge < -0.3 is 17.8 Å². The average Bonchev–Trinajstić information content (AvgIpc) is 2.29. The molecule has 1 unspecified atom stereocenters. The molecule has 1 fully saturated rings. The molecule has 1 aliphatic rings. The molecular formula is C7H12BF3NO-. The molecule has 76 valence electrons. The van der Waals surface area contributed by atoms with Gasteiger partial charge in [-0.15, -0.1) is 0 Å². The summed E-state index contributed by atoms with van der Waals surface area (Å²) in [4.78, 5) is 12.0. The summed E-state index contributed by atoms with van der Waals surface area (Å²) < 4.78 is 35.9. The fourth-order valence-corrected chi connectivity index (χ4v) is 1.55. The highest BCUT2D eigenvalue weighted by Crippen LogP contribution is 2.22. The van der Waals surface area contributed by atoms with Crippen LogP contribution in [0, 0.1) is 5.92 Å². The SMILES string of the molecule is CCC1CC(=O)N(C[B-](F)(F)F)C1. The molecule has 0 aromatic carbocycles. The predicted octanol–water partition coefficient (Wildman–Crippen LogP) is 1.63. The summed E-state index contributed by atoms with van der Waals surface area (Å²) >= 11 is 0. The van der Waals surface area contributed by atoms with Crippen molar-refractivity contribution in [3.63, 3.8) is 0 Å². The van der Waals surface area contributed by atoms with Gasteiger partial charge in [-0.05, 0) is 12.4 Å². The number of hydrogen-bond acceptors (Lipinski definition) is 1. The zero-order valence-corrected chi connectivity index (χ0v) is 7.47. The first-order chi connectivity index (χ1) is 5.92. The van der Waals surface area contributed by atoms with Crippen molar-refractivity contribution in [2.45, 2.75) is 19.8 Å². The molecule has 13 heavy (non-hydrogen) atoms. The maximum Gasteiger partial charge on any atom is 0.497 e. The van der Waals surface area contributed by atoms with Crippen molar-refractivity contribution in [1.82, 2.24) is 4.90 Å². The summed E-state index contributed by atoms with van der Waals surface area (Å²) in [5.41, 5.74) is 0. The molecule has 0 saturated carbocycles. The summed E-state index contributed by atoms with van der Waals surface area (Å²) in [6.07, 6.45) is 0.0189. The van der Waals surface area contributed by atoms with E-state index in [9.17, 15) is 17.7 Å². The molecule has 1 amide bonds. The second-order valence-corrected chi connectivity index (χ2v) is 3.49. The molecule has 1 rings (SSSR count). The number of carbonyl (C=O) groups is 1. The van der Waals surface area contributed by atoms with Crippen molar-refractivity contribution < 1.29 is 17.7 Å². The summed E-state index contributed by atoms with van der Waals surface area (Å²) in [5.74, 6) is -0.239. The van der Waals surface area contributed by atoms with E-state index in [2.05, 4.69) is 0 Å². The van der Waals surface area contributed by atoms with Crippen LogP contribution < -0.4 is 0 Å². The van der Waals surface area contributed by atoms with Crippen molar-refractivity contribution in [3.05, 3.63) is 0 Å². The number of amides is 1. The van der Waals surface area contributed by atoms with Gasteiger partial charge in [0, 0.05) is 13.0 Å². The third-order valence-corrected chi connectivity index (χ3v) is 2.30. The fraction of sp³-hybridized carbons (Fsp3) is 0.857. The van der Waals surface area contributed by atoms with Gasteiger partial charge in [0.1, 0.15) is 0 Å². The van der Waals surface area contributed by atoms with E-state index in [1.807, 2.05) is 6.92 Å². The highest BCUT2D eigenvalue weighted by Gasteiger charge is 2.34. The van der Waals surface area contributed by atoms with Crippen LogP contribution in [-0.2, 0) is 4.79 Å². The Morgan fingerprint density at radius 1 is 1.54 bits per heavy atom.